The number of phosphoric acid groups is 1. The predicted molar refractivity (Wildman–Crippen MR) is 44.6 cm³/mol. The molecule has 0 saturated heterocycles. The second kappa shape index (κ2) is 17.7. The van der Waals surface area contributed by atoms with Crippen LogP contribution in [0.1, 0.15) is 32.6 Å². The van der Waals surface area contributed by atoms with Crippen molar-refractivity contribution in [1.29, 1.82) is 0 Å². The molecular weight excluding hydrogens is 246 g/mol. The van der Waals surface area contributed by atoms with E-state index in [1.54, 1.807) is 0 Å². The fourth-order valence-electron chi connectivity index (χ4n) is 0.539. The van der Waals surface area contributed by atoms with Gasteiger partial charge in [-0.15, -0.1) is 0 Å². The van der Waals surface area contributed by atoms with Crippen LogP contribution in [0, 0.1) is 0 Å². The molecule has 0 aromatic carbocycles. The zero-order valence-corrected chi connectivity index (χ0v) is 13.9. The van der Waals surface area contributed by atoms with E-state index in [-0.39, 0.29) is 67.3 Å². The Morgan fingerprint density at radius 2 is 1.50 bits per heavy atom. The summed E-state index contributed by atoms with van der Waals surface area (Å²) >= 11 is 0. The third kappa shape index (κ3) is 63.5. The molecule has 0 atom stereocenters. The van der Waals surface area contributed by atoms with E-state index < -0.39 is 7.82 Å². The molecule has 0 radical (unpaired) electrons. The summed E-state index contributed by atoms with van der Waals surface area (Å²) in [4.78, 5) is 25.6. The molecule has 0 bridgehead atoms. The van der Waals surface area contributed by atoms with Crippen molar-refractivity contribution in [2.45, 2.75) is 32.6 Å². The summed E-state index contributed by atoms with van der Waals surface area (Å²) in [5, 5.41) is 8.29. The van der Waals surface area contributed by atoms with Gasteiger partial charge < -0.3 is 24.4 Å². The molecule has 5 nitrogen and oxygen atoms in total. The molecule has 14 heavy (non-hydrogen) atoms. The van der Waals surface area contributed by atoms with Gasteiger partial charge in [-0.3, -0.25) is 0 Å². The number of hydrogen-bond acceptors (Lipinski definition) is 5. The Morgan fingerprint density at radius 1 is 1.14 bits per heavy atom. The maximum atomic E-state index is 8.55. The second-order valence-electron chi connectivity index (χ2n) is 2.23. The molecule has 0 aliphatic rings. The fraction of sp³-hybridized carbons (Fsp3) is 1.00. The number of aliphatic hydroxyl groups excluding tert-OH is 1. The summed E-state index contributed by atoms with van der Waals surface area (Å²) in [5.74, 6) is 0. The first-order valence-corrected chi connectivity index (χ1v) is 5.21. The van der Waals surface area contributed by atoms with Crippen LogP contribution >= 0.6 is 7.82 Å². The van der Waals surface area contributed by atoms with Gasteiger partial charge in [0.1, 0.15) is 0 Å². The number of rotatable bonds is 4. The summed E-state index contributed by atoms with van der Waals surface area (Å²) < 4.78 is 8.55. The summed E-state index contributed by atoms with van der Waals surface area (Å²) in [6.07, 6.45) is 4.68. The minimum atomic E-state index is -5.39. The van der Waals surface area contributed by atoms with Crippen LogP contribution in [0.15, 0.2) is 0 Å². The molecule has 0 rings (SSSR count). The van der Waals surface area contributed by atoms with Crippen LogP contribution < -0.4 is 44.2 Å². The molecule has 0 amide bonds. The van der Waals surface area contributed by atoms with Gasteiger partial charge in [0.2, 0.25) is 0 Å². The summed E-state index contributed by atoms with van der Waals surface area (Å²) in [5.41, 5.74) is 0. The van der Waals surface area contributed by atoms with Crippen LogP contribution in [0.2, 0.25) is 0 Å². The first-order valence-electron chi connectivity index (χ1n) is 3.75. The molecule has 0 fully saturated rings. The van der Waals surface area contributed by atoms with Gasteiger partial charge in [-0.05, 0) is 6.42 Å². The van der Waals surface area contributed by atoms with Crippen molar-refractivity contribution in [3.8, 4) is 0 Å². The third-order valence-corrected chi connectivity index (χ3v) is 1.01. The Bertz CT molecular complexity index is 119. The van der Waals surface area contributed by atoms with Gasteiger partial charge in [-0.1, -0.05) is 26.2 Å². The maximum Gasteiger partial charge on any atom is 2.00 e. The van der Waals surface area contributed by atoms with Crippen molar-refractivity contribution in [3.63, 3.8) is 0 Å². The minimum absolute atomic E-state index is 0. The van der Waals surface area contributed by atoms with Gasteiger partial charge in [-0.25, -0.2) is 0 Å². The van der Waals surface area contributed by atoms with E-state index in [1.807, 2.05) is 0 Å². The molecule has 0 aliphatic heterocycles. The van der Waals surface area contributed by atoms with E-state index in [4.69, 9.17) is 24.4 Å². The number of hydrogen-bond donors (Lipinski definition) is 1. The first kappa shape index (κ1) is 25.2. The first-order chi connectivity index (χ1) is 5.41. The quantitative estimate of drug-likeness (QED) is 0.311. The molecule has 0 aromatic rings. The van der Waals surface area contributed by atoms with Gasteiger partial charge >= 0.3 is 67.3 Å². The smallest absolute Gasteiger partial charge is 0.822 e. The predicted octanol–water partition coefficient (Wildman–Crippen LogP) is -4.64. The summed E-state index contributed by atoms with van der Waals surface area (Å²) in [7, 11) is -5.39. The largest absolute Gasteiger partial charge is 2.00 e. The molecule has 0 heterocycles. The van der Waals surface area contributed by atoms with E-state index in [0.717, 1.165) is 6.42 Å². The molecular formula is C6H14CaNaO5P. The number of aliphatic hydroxyl groups is 1. The molecule has 76 valence electrons. The Kier molecular flexibility index (Phi) is 31.9. The van der Waals surface area contributed by atoms with Gasteiger partial charge in [0.05, 0.1) is 0 Å². The van der Waals surface area contributed by atoms with Crippen molar-refractivity contribution in [2.75, 3.05) is 6.61 Å². The molecule has 1 N–H and O–H groups in total. The van der Waals surface area contributed by atoms with E-state index in [0.29, 0.717) is 6.61 Å². The average molecular weight is 260 g/mol. The normalized spacial score (nSPS) is 8.93. The van der Waals surface area contributed by atoms with Gasteiger partial charge in [0.15, 0.2) is 0 Å². The second-order valence-corrected chi connectivity index (χ2v) is 3.13. The Hall–Kier alpha value is 2.33. The van der Waals surface area contributed by atoms with Gasteiger partial charge in [0.25, 0.3) is 0 Å². The monoisotopic (exact) mass is 260 g/mol. The average Bonchev–Trinajstić information content (AvgIpc) is 1.85. The van der Waals surface area contributed by atoms with E-state index in [1.165, 1.54) is 19.3 Å². The van der Waals surface area contributed by atoms with Crippen molar-refractivity contribution >= 4 is 45.6 Å². The van der Waals surface area contributed by atoms with E-state index in [9.17, 15) is 0 Å². The van der Waals surface area contributed by atoms with Gasteiger partial charge in [0, 0.05) is 6.61 Å². The minimum Gasteiger partial charge on any atom is -0.822 e. The Morgan fingerprint density at radius 3 is 1.71 bits per heavy atom. The van der Waals surface area contributed by atoms with Crippen LogP contribution in [0.4, 0.5) is 0 Å². The molecule has 0 saturated carbocycles. The van der Waals surface area contributed by atoms with E-state index in [2.05, 4.69) is 6.92 Å². The van der Waals surface area contributed by atoms with Crippen LogP contribution in [0.3, 0.4) is 0 Å². The fourth-order valence-corrected chi connectivity index (χ4v) is 0.539. The van der Waals surface area contributed by atoms with E-state index >= 15 is 0 Å². The maximum absolute atomic E-state index is 8.55. The Balaban J connectivity index is -0.0000000651. The SMILES string of the molecule is CCCCCCO.O=P([O-])([O-])[O-].[Ca+2].[Na+]. The van der Waals surface area contributed by atoms with Crippen molar-refractivity contribution in [2.24, 2.45) is 0 Å². The third-order valence-electron chi connectivity index (χ3n) is 1.01. The molecule has 0 aromatic heterocycles. The molecule has 8 heteroatoms. The van der Waals surface area contributed by atoms with Crippen LogP contribution in [-0.4, -0.2) is 49.5 Å². The van der Waals surface area contributed by atoms with Crippen molar-refractivity contribution in [1.82, 2.24) is 0 Å². The summed E-state index contributed by atoms with van der Waals surface area (Å²) in [6, 6.07) is 0. The molecule has 0 spiro atoms. The van der Waals surface area contributed by atoms with Crippen LogP contribution in [0.5, 0.6) is 0 Å². The molecule has 0 aliphatic carbocycles. The van der Waals surface area contributed by atoms with Crippen molar-refractivity contribution in [3.05, 3.63) is 0 Å². The Labute approximate surface area is 137 Å². The van der Waals surface area contributed by atoms with Crippen LogP contribution in [0.25, 0.3) is 0 Å². The van der Waals surface area contributed by atoms with Crippen LogP contribution in [-0.2, 0) is 4.57 Å². The molecule has 0 unspecified atom stereocenters. The topological polar surface area (TPSA) is 106 Å². The zero-order valence-electron chi connectivity index (χ0n) is 8.77. The van der Waals surface area contributed by atoms with Gasteiger partial charge in [-0.2, -0.15) is 7.82 Å². The summed E-state index contributed by atoms with van der Waals surface area (Å²) in [6.45, 7) is 2.53. The number of unbranched alkanes of at least 4 members (excludes halogenated alkanes) is 3. The van der Waals surface area contributed by atoms with Crippen molar-refractivity contribution < 1.29 is 53.9 Å². The standard InChI is InChI=1S/C6H14O.Ca.Na.H3O4P/c1-2-3-4-5-6-7;;;1-5(2,3)4/h7H,2-6H2,1H3;;;(H3,1,2,3,4)/q;+2;+1;/p-3. The zero-order chi connectivity index (χ0) is 10.0.